The number of ether oxygens (including phenoxy) is 1. The van der Waals surface area contributed by atoms with E-state index in [4.69, 9.17) is 9.72 Å². The highest BCUT2D eigenvalue weighted by Crippen LogP contribution is 2.51. The van der Waals surface area contributed by atoms with Gasteiger partial charge in [0.2, 0.25) is 0 Å². The predicted octanol–water partition coefficient (Wildman–Crippen LogP) is 14.7. The maximum atomic E-state index is 6.68. The van der Waals surface area contributed by atoms with E-state index in [1.807, 2.05) is 6.07 Å². The fourth-order valence-corrected chi connectivity index (χ4v) is 9.72. The number of nitrogens with zero attached hydrogens (tertiary/aromatic N) is 3. The highest BCUT2D eigenvalue weighted by molar-refractivity contribution is 6.25. The second-order valence-corrected chi connectivity index (χ2v) is 15.5. The lowest BCUT2D eigenvalue weighted by molar-refractivity contribution is 0.487. The van der Waals surface area contributed by atoms with Crippen LogP contribution in [0.3, 0.4) is 0 Å². The van der Waals surface area contributed by atoms with E-state index < -0.39 is 0 Å². The lowest BCUT2D eigenvalue weighted by Crippen LogP contribution is -1.99. The first kappa shape index (κ1) is 32.2. The Morgan fingerprint density at radius 2 is 1.03 bits per heavy atom. The van der Waals surface area contributed by atoms with Gasteiger partial charge in [0.15, 0.2) is 0 Å². The molecule has 0 spiro atoms. The third-order valence-corrected chi connectivity index (χ3v) is 12.3. The van der Waals surface area contributed by atoms with Crippen LogP contribution in [-0.4, -0.2) is 14.1 Å². The second kappa shape index (κ2) is 12.3. The van der Waals surface area contributed by atoms with Gasteiger partial charge >= 0.3 is 0 Å². The van der Waals surface area contributed by atoms with E-state index in [-0.39, 0.29) is 0 Å². The van der Waals surface area contributed by atoms with Crippen LogP contribution in [0.15, 0.2) is 200 Å². The van der Waals surface area contributed by atoms with Gasteiger partial charge in [-0.2, -0.15) is 0 Å². The zero-order chi connectivity index (χ0) is 38.6. The van der Waals surface area contributed by atoms with E-state index in [2.05, 4.69) is 203 Å². The van der Waals surface area contributed by atoms with E-state index in [1.165, 1.54) is 43.6 Å². The SMILES string of the molecule is c1ccc(-c2cc(-n3c4ccccc4c4cc(-c5ccc6c7c8cccc9c8c(cc7n(-c7ccccc7)c6c5)Oc5ccccc5-9)ccc43)nc3ccccc23)cc1. The lowest BCUT2D eigenvalue weighted by atomic mass is 9.92. The highest BCUT2D eigenvalue weighted by Gasteiger charge is 2.25. The summed E-state index contributed by atoms with van der Waals surface area (Å²) in [5, 5.41) is 8.33. The molecule has 0 radical (unpaired) electrons. The molecule has 0 saturated carbocycles. The minimum absolute atomic E-state index is 0.889. The Balaban J connectivity index is 1.04. The minimum atomic E-state index is 0.889. The second-order valence-electron chi connectivity index (χ2n) is 15.5. The van der Waals surface area contributed by atoms with Crippen molar-refractivity contribution in [2.75, 3.05) is 0 Å². The van der Waals surface area contributed by atoms with Crippen LogP contribution in [0.4, 0.5) is 0 Å². The van der Waals surface area contributed by atoms with Gasteiger partial charge in [0.05, 0.1) is 27.6 Å². The minimum Gasteiger partial charge on any atom is -0.456 e. The molecule has 0 unspecified atom stereocenters. The molecule has 0 N–H and O–H groups in total. The Hall–Kier alpha value is -7.95. The van der Waals surface area contributed by atoms with Gasteiger partial charge < -0.3 is 9.30 Å². The first-order valence-corrected chi connectivity index (χ1v) is 20.1. The van der Waals surface area contributed by atoms with Crippen molar-refractivity contribution in [2.24, 2.45) is 0 Å². The molecular weight excluding hydrogens is 719 g/mol. The Kier molecular flexibility index (Phi) is 6.69. The van der Waals surface area contributed by atoms with Crippen LogP contribution in [0.25, 0.3) is 110 Å². The molecule has 12 aromatic rings. The Bertz CT molecular complexity index is 3690. The van der Waals surface area contributed by atoms with Gasteiger partial charge in [-0.3, -0.25) is 4.57 Å². The Morgan fingerprint density at radius 3 is 1.93 bits per heavy atom. The van der Waals surface area contributed by atoms with Gasteiger partial charge in [0.25, 0.3) is 0 Å². The molecule has 1 aliphatic heterocycles. The first-order valence-electron chi connectivity index (χ1n) is 20.1. The number of rotatable bonds is 4. The van der Waals surface area contributed by atoms with Gasteiger partial charge in [0, 0.05) is 49.6 Å². The topological polar surface area (TPSA) is 32.0 Å². The number of pyridine rings is 1. The number of hydrogen-bond acceptors (Lipinski definition) is 2. The van der Waals surface area contributed by atoms with Crippen molar-refractivity contribution in [3.8, 4) is 56.4 Å². The van der Waals surface area contributed by atoms with Crippen molar-refractivity contribution < 1.29 is 4.74 Å². The van der Waals surface area contributed by atoms with Crippen molar-refractivity contribution in [3.63, 3.8) is 0 Å². The van der Waals surface area contributed by atoms with E-state index in [0.717, 1.165) is 78.1 Å². The molecule has 4 nitrogen and oxygen atoms in total. The summed E-state index contributed by atoms with van der Waals surface area (Å²) in [7, 11) is 0. The van der Waals surface area contributed by atoms with E-state index in [0.29, 0.717) is 0 Å². The standard InChI is InChI=1S/C55H33N3O/c1-3-14-34(15-4-1)44-32-53(56-46-23-10-7-18-38(44)46)58-47-24-11-8-19-39(47)45-30-35(27-29-48(45)58)36-26-28-42-49(31-36)57(37-16-5-2-6-17-37)50-33-52-55-41(21-13-22-43(55)54(42)50)40-20-9-12-25-51(40)59-52/h1-33H. The lowest BCUT2D eigenvalue weighted by Gasteiger charge is -2.22. The van der Waals surface area contributed by atoms with Crippen LogP contribution in [0.1, 0.15) is 0 Å². The molecule has 0 saturated heterocycles. The van der Waals surface area contributed by atoms with E-state index in [9.17, 15) is 0 Å². The van der Waals surface area contributed by atoms with Gasteiger partial charge in [-0.25, -0.2) is 4.98 Å². The third-order valence-electron chi connectivity index (χ3n) is 12.3. The maximum absolute atomic E-state index is 6.68. The highest BCUT2D eigenvalue weighted by atomic mass is 16.5. The third kappa shape index (κ3) is 4.69. The molecular formula is C55H33N3O. The van der Waals surface area contributed by atoms with Crippen LogP contribution >= 0.6 is 0 Å². The molecule has 9 aromatic carbocycles. The van der Waals surface area contributed by atoms with Crippen molar-refractivity contribution in [1.29, 1.82) is 0 Å². The number of fused-ring (bicyclic) bond motifs is 10. The summed E-state index contributed by atoms with van der Waals surface area (Å²) in [6.45, 7) is 0. The molecule has 1 aliphatic rings. The molecule has 3 aromatic heterocycles. The average Bonchev–Trinajstić information content (AvgIpc) is 3.81. The molecule has 274 valence electrons. The van der Waals surface area contributed by atoms with Crippen molar-refractivity contribution in [3.05, 3.63) is 200 Å². The van der Waals surface area contributed by atoms with Crippen molar-refractivity contribution in [2.45, 2.75) is 0 Å². The normalized spacial score (nSPS) is 12.2. The van der Waals surface area contributed by atoms with Crippen molar-refractivity contribution >= 4 is 65.3 Å². The number of benzene rings is 9. The number of hydrogen-bond donors (Lipinski definition) is 0. The average molecular weight is 752 g/mol. The Labute approximate surface area is 339 Å². The molecule has 0 bridgehead atoms. The Morgan fingerprint density at radius 1 is 0.339 bits per heavy atom. The smallest absolute Gasteiger partial charge is 0.138 e. The summed E-state index contributed by atoms with van der Waals surface area (Å²) in [6.07, 6.45) is 0. The van der Waals surface area contributed by atoms with Gasteiger partial charge in [-0.05, 0) is 87.8 Å². The van der Waals surface area contributed by atoms with Crippen LogP contribution < -0.4 is 4.74 Å². The zero-order valence-corrected chi connectivity index (χ0v) is 31.8. The summed E-state index contributed by atoms with van der Waals surface area (Å²) in [6, 6.07) is 71.8. The molecule has 59 heavy (non-hydrogen) atoms. The van der Waals surface area contributed by atoms with Crippen molar-refractivity contribution in [1.82, 2.24) is 14.1 Å². The van der Waals surface area contributed by atoms with Crippen LogP contribution in [0.5, 0.6) is 11.5 Å². The van der Waals surface area contributed by atoms with Crippen LogP contribution in [0, 0.1) is 0 Å². The molecule has 4 heteroatoms. The number of aromatic nitrogens is 3. The van der Waals surface area contributed by atoms with Crippen LogP contribution in [0.2, 0.25) is 0 Å². The van der Waals surface area contributed by atoms with Gasteiger partial charge in [-0.1, -0.05) is 140 Å². The van der Waals surface area contributed by atoms with E-state index >= 15 is 0 Å². The monoisotopic (exact) mass is 751 g/mol. The summed E-state index contributed by atoms with van der Waals surface area (Å²) in [5.74, 6) is 2.68. The summed E-state index contributed by atoms with van der Waals surface area (Å²) >= 11 is 0. The largest absolute Gasteiger partial charge is 0.456 e. The molecule has 4 heterocycles. The summed E-state index contributed by atoms with van der Waals surface area (Å²) < 4.78 is 11.4. The van der Waals surface area contributed by atoms with Crippen LogP contribution in [-0.2, 0) is 0 Å². The molecule has 0 amide bonds. The predicted molar refractivity (Wildman–Crippen MR) is 244 cm³/mol. The fourth-order valence-electron chi connectivity index (χ4n) is 9.72. The first-order chi connectivity index (χ1) is 29.3. The van der Waals surface area contributed by atoms with Gasteiger partial charge in [-0.15, -0.1) is 0 Å². The fraction of sp³-hybridized carbons (Fsp3) is 0. The molecule has 0 fully saturated rings. The molecule has 0 aliphatic carbocycles. The van der Waals surface area contributed by atoms with Gasteiger partial charge in [0.1, 0.15) is 17.3 Å². The maximum Gasteiger partial charge on any atom is 0.138 e. The number of para-hydroxylation sites is 4. The van der Waals surface area contributed by atoms with E-state index in [1.54, 1.807) is 0 Å². The zero-order valence-electron chi connectivity index (χ0n) is 31.8. The molecule has 0 atom stereocenters. The molecule has 13 rings (SSSR count). The summed E-state index contributed by atoms with van der Waals surface area (Å²) in [5.41, 5.74) is 13.6. The summed E-state index contributed by atoms with van der Waals surface area (Å²) in [4.78, 5) is 5.28. The quantitative estimate of drug-likeness (QED) is 0.179.